The molecule has 1 aromatic carbocycles. The van der Waals surface area contributed by atoms with Crippen LogP contribution < -0.4 is 9.47 Å². The molecule has 1 saturated carbocycles. The molecule has 2 heteroatoms. The van der Waals surface area contributed by atoms with Crippen molar-refractivity contribution < 1.29 is 9.47 Å². The van der Waals surface area contributed by atoms with Gasteiger partial charge in [-0.3, -0.25) is 0 Å². The van der Waals surface area contributed by atoms with Crippen molar-refractivity contribution in [3.05, 3.63) is 24.3 Å². The highest BCUT2D eigenvalue weighted by molar-refractivity contribution is 5.41. The number of fused-ring (bicyclic) bond motifs is 1. The molecule has 2 nitrogen and oxygen atoms in total. The number of rotatable bonds is 2. The van der Waals surface area contributed by atoms with Crippen LogP contribution in [0.4, 0.5) is 0 Å². The molecule has 0 N–H and O–H groups in total. The summed E-state index contributed by atoms with van der Waals surface area (Å²) < 4.78 is 11.5. The van der Waals surface area contributed by atoms with Crippen LogP contribution in [0.3, 0.4) is 0 Å². The van der Waals surface area contributed by atoms with Gasteiger partial charge in [0.05, 0.1) is 0 Å². The Morgan fingerprint density at radius 2 is 1.60 bits per heavy atom. The van der Waals surface area contributed by atoms with Crippen LogP contribution in [-0.2, 0) is 0 Å². The van der Waals surface area contributed by atoms with Crippen LogP contribution in [-0.4, -0.2) is 6.29 Å². The first-order valence-electron chi connectivity index (χ1n) is 5.84. The van der Waals surface area contributed by atoms with Crippen LogP contribution in [0.1, 0.15) is 32.1 Å². The Morgan fingerprint density at radius 1 is 1.00 bits per heavy atom. The van der Waals surface area contributed by atoms with Crippen LogP contribution in [0.25, 0.3) is 0 Å². The smallest absolute Gasteiger partial charge is 0.241 e. The maximum absolute atomic E-state index is 5.75. The number of hydrogen-bond donors (Lipinski definition) is 0. The molecule has 0 radical (unpaired) electrons. The lowest BCUT2D eigenvalue weighted by Crippen LogP contribution is -2.21. The van der Waals surface area contributed by atoms with Crippen molar-refractivity contribution in [1.82, 2.24) is 0 Å². The minimum Gasteiger partial charge on any atom is -0.451 e. The van der Waals surface area contributed by atoms with Crippen LogP contribution >= 0.6 is 0 Å². The Bertz CT molecular complexity index is 317. The highest BCUT2D eigenvalue weighted by atomic mass is 16.7. The predicted octanol–water partition coefficient (Wildman–Crippen LogP) is 3.36. The fourth-order valence-corrected chi connectivity index (χ4v) is 2.57. The first kappa shape index (κ1) is 9.08. The molecule has 0 unspecified atom stereocenters. The van der Waals surface area contributed by atoms with Gasteiger partial charge in [-0.15, -0.1) is 0 Å². The summed E-state index contributed by atoms with van der Waals surface area (Å²) >= 11 is 0. The quantitative estimate of drug-likeness (QED) is 0.735. The first-order valence-corrected chi connectivity index (χ1v) is 5.84. The van der Waals surface area contributed by atoms with Gasteiger partial charge in [0.2, 0.25) is 6.29 Å². The molecule has 3 rings (SSSR count). The van der Waals surface area contributed by atoms with E-state index in [9.17, 15) is 0 Å². The molecule has 15 heavy (non-hydrogen) atoms. The Morgan fingerprint density at radius 3 is 2.20 bits per heavy atom. The van der Waals surface area contributed by atoms with E-state index in [0.29, 0.717) is 0 Å². The molecule has 0 saturated heterocycles. The molecular weight excluding hydrogens is 188 g/mol. The summed E-state index contributed by atoms with van der Waals surface area (Å²) in [4.78, 5) is 0. The normalized spacial score (nSPS) is 21.1. The number of ether oxygens (including phenoxy) is 2. The topological polar surface area (TPSA) is 18.5 Å². The summed E-state index contributed by atoms with van der Waals surface area (Å²) in [6.45, 7) is 0. The van der Waals surface area contributed by atoms with E-state index in [4.69, 9.17) is 9.47 Å². The average Bonchev–Trinajstić information content (AvgIpc) is 2.86. The Balaban J connectivity index is 1.63. The Hall–Kier alpha value is -1.18. The van der Waals surface area contributed by atoms with E-state index < -0.39 is 0 Å². The van der Waals surface area contributed by atoms with Crippen LogP contribution in [0.2, 0.25) is 0 Å². The van der Waals surface area contributed by atoms with E-state index in [-0.39, 0.29) is 6.29 Å². The number of hydrogen-bond acceptors (Lipinski definition) is 2. The molecule has 80 valence electrons. The minimum absolute atomic E-state index is 0.0366. The van der Waals surface area contributed by atoms with Gasteiger partial charge in [-0.25, -0.2) is 0 Å². The largest absolute Gasteiger partial charge is 0.451 e. The van der Waals surface area contributed by atoms with Gasteiger partial charge in [0, 0.05) is 6.42 Å². The van der Waals surface area contributed by atoms with E-state index in [0.717, 1.165) is 23.8 Å². The molecule has 1 heterocycles. The number of benzene rings is 1. The highest BCUT2D eigenvalue weighted by Gasteiger charge is 2.27. The summed E-state index contributed by atoms with van der Waals surface area (Å²) in [5.41, 5.74) is 0. The van der Waals surface area contributed by atoms with Gasteiger partial charge in [0.25, 0.3) is 0 Å². The predicted molar refractivity (Wildman–Crippen MR) is 58.1 cm³/mol. The van der Waals surface area contributed by atoms with E-state index in [1.807, 2.05) is 24.3 Å². The molecule has 0 aromatic heterocycles. The number of para-hydroxylation sites is 2. The maximum atomic E-state index is 5.75. The van der Waals surface area contributed by atoms with Crippen molar-refractivity contribution >= 4 is 0 Å². The lowest BCUT2D eigenvalue weighted by atomic mass is 10.0. The van der Waals surface area contributed by atoms with Gasteiger partial charge in [-0.2, -0.15) is 0 Å². The van der Waals surface area contributed by atoms with Crippen molar-refractivity contribution in [1.29, 1.82) is 0 Å². The lowest BCUT2D eigenvalue weighted by Gasteiger charge is -2.14. The second-order valence-corrected chi connectivity index (χ2v) is 4.50. The Labute approximate surface area is 90.2 Å². The molecular formula is C13H16O2. The van der Waals surface area contributed by atoms with Gasteiger partial charge < -0.3 is 9.47 Å². The van der Waals surface area contributed by atoms with Gasteiger partial charge in [0.1, 0.15) is 0 Å². The third-order valence-electron chi connectivity index (χ3n) is 3.37. The van der Waals surface area contributed by atoms with Crippen molar-refractivity contribution in [2.75, 3.05) is 0 Å². The van der Waals surface area contributed by atoms with Crippen LogP contribution in [0.5, 0.6) is 11.5 Å². The van der Waals surface area contributed by atoms with Gasteiger partial charge >= 0.3 is 0 Å². The highest BCUT2D eigenvalue weighted by Crippen LogP contribution is 2.38. The van der Waals surface area contributed by atoms with Crippen LogP contribution in [0.15, 0.2) is 24.3 Å². The second kappa shape index (κ2) is 3.76. The first-order chi connectivity index (χ1) is 7.42. The van der Waals surface area contributed by atoms with E-state index >= 15 is 0 Å². The molecule has 0 bridgehead atoms. The maximum Gasteiger partial charge on any atom is 0.241 e. The summed E-state index contributed by atoms with van der Waals surface area (Å²) in [5.74, 6) is 2.62. The SMILES string of the molecule is c1ccc2c(c1)OC(CC1CCCC1)O2. The minimum atomic E-state index is -0.0366. The third-order valence-corrected chi connectivity index (χ3v) is 3.37. The molecule has 2 aliphatic rings. The third kappa shape index (κ3) is 1.81. The van der Waals surface area contributed by atoms with Crippen LogP contribution in [0, 0.1) is 5.92 Å². The monoisotopic (exact) mass is 204 g/mol. The summed E-state index contributed by atoms with van der Waals surface area (Å²) in [6, 6.07) is 7.92. The van der Waals surface area contributed by atoms with Crippen molar-refractivity contribution in [3.63, 3.8) is 0 Å². The standard InChI is InChI=1S/C13H16O2/c1-2-6-10(5-1)9-13-14-11-7-3-4-8-12(11)15-13/h3-4,7-8,10,13H,1-2,5-6,9H2. The zero-order chi connectivity index (χ0) is 10.1. The fourth-order valence-electron chi connectivity index (χ4n) is 2.57. The fraction of sp³-hybridized carbons (Fsp3) is 0.538. The average molecular weight is 204 g/mol. The molecule has 1 aliphatic heterocycles. The summed E-state index contributed by atoms with van der Waals surface area (Å²) in [5, 5.41) is 0. The summed E-state index contributed by atoms with van der Waals surface area (Å²) in [6.07, 6.45) is 6.47. The lowest BCUT2D eigenvalue weighted by molar-refractivity contribution is 0.0277. The molecule has 0 spiro atoms. The van der Waals surface area contributed by atoms with Gasteiger partial charge in [-0.05, 0) is 18.1 Å². The molecule has 1 aromatic rings. The van der Waals surface area contributed by atoms with Crippen molar-refractivity contribution in [2.45, 2.75) is 38.4 Å². The van der Waals surface area contributed by atoms with E-state index in [2.05, 4.69) is 0 Å². The van der Waals surface area contributed by atoms with Crippen molar-refractivity contribution in [2.24, 2.45) is 5.92 Å². The second-order valence-electron chi connectivity index (χ2n) is 4.50. The van der Waals surface area contributed by atoms with E-state index in [1.165, 1.54) is 25.7 Å². The van der Waals surface area contributed by atoms with E-state index in [1.54, 1.807) is 0 Å². The molecule has 1 fully saturated rings. The zero-order valence-electron chi connectivity index (χ0n) is 8.82. The molecule has 1 aliphatic carbocycles. The van der Waals surface area contributed by atoms with Gasteiger partial charge in [-0.1, -0.05) is 37.8 Å². The molecule has 0 atom stereocenters. The zero-order valence-corrected chi connectivity index (χ0v) is 8.82. The van der Waals surface area contributed by atoms with Crippen molar-refractivity contribution in [3.8, 4) is 11.5 Å². The van der Waals surface area contributed by atoms with Gasteiger partial charge in [0.15, 0.2) is 11.5 Å². The Kier molecular flexibility index (Phi) is 2.28. The molecule has 0 amide bonds. The summed E-state index contributed by atoms with van der Waals surface area (Å²) in [7, 11) is 0.